The standard InChI is InChI=1S/C10H13N3O4/c1-12(2)9-5-4-7(13(15)16)6-8(9)11-10(14)17-3/h4-6H,1-3H3,(H,11,14). The highest BCUT2D eigenvalue weighted by Gasteiger charge is 2.14. The number of nitro groups is 1. The van der Waals surface area contributed by atoms with E-state index < -0.39 is 11.0 Å². The number of hydrogen-bond acceptors (Lipinski definition) is 5. The predicted octanol–water partition coefficient (Wildman–Crippen LogP) is 1.84. The lowest BCUT2D eigenvalue weighted by molar-refractivity contribution is -0.384. The van der Waals surface area contributed by atoms with Crippen LogP contribution in [0.4, 0.5) is 21.9 Å². The Balaban J connectivity index is 3.15. The van der Waals surface area contributed by atoms with Crippen molar-refractivity contribution in [2.75, 3.05) is 31.4 Å². The maximum absolute atomic E-state index is 11.1. The number of nitrogens with one attached hydrogen (secondary N) is 1. The van der Waals surface area contributed by atoms with Crippen LogP contribution in [0.15, 0.2) is 18.2 Å². The summed E-state index contributed by atoms with van der Waals surface area (Å²) in [5.74, 6) is 0. The minimum absolute atomic E-state index is 0.0954. The highest BCUT2D eigenvalue weighted by Crippen LogP contribution is 2.28. The Morgan fingerprint density at radius 2 is 2.12 bits per heavy atom. The number of carbonyl (C=O) groups is 1. The average Bonchev–Trinajstić information content (AvgIpc) is 2.28. The van der Waals surface area contributed by atoms with E-state index in [9.17, 15) is 14.9 Å². The second-order valence-electron chi connectivity index (χ2n) is 3.47. The Morgan fingerprint density at radius 1 is 1.47 bits per heavy atom. The summed E-state index contributed by atoms with van der Waals surface area (Å²) in [5, 5.41) is 13.1. The van der Waals surface area contributed by atoms with Crippen LogP contribution in [0.1, 0.15) is 0 Å². The van der Waals surface area contributed by atoms with Gasteiger partial charge >= 0.3 is 6.09 Å². The van der Waals surface area contributed by atoms with Crippen molar-refractivity contribution in [3.63, 3.8) is 0 Å². The van der Waals surface area contributed by atoms with E-state index in [0.29, 0.717) is 11.4 Å². The van der Waals surface area contributed by atoms with E-state index in [0.717, 1.165) is 0 Å². The summed E-state index contributed by atoms with van der Waals surface area (Å²) in [4.78, 5) is 23.0. The van der Waals surface area contributed by atoms with Crippen LogP contribution in [-0.2, 0) is 4.74 Å². The van der Waals surface area contributed by atoms with Crippen molar-refractivity contribution >= 4 is 23.2 Å². The van der Waals surface area contributed by atoms with Gasteiger partial charge in [0.25, 0.3) is 5.69 Å². The molecule has 0 aliphatic heterocycles. The number of hydrogen-bond donors (Lipinski definition) is 1. The Kier molecular flexibility index (Phi) is 3.86. The van der Waals surface area contributed by atoms with Crippen LogP contribution < -0.4 is 10.2 Å². The first-order valence-corrected chi connectivity index (χ1v) is 4.76. The van der Waals surface area contributed by atoms with Gasteiger partial charge in [-0.25, -0.2) is 4.79 Å². The number of nitrogens with zero attached hydrogens (tertiary/aromatic N) is 2. The number of amides is 1. The highest BCUT2D eigenvalue weighted by atomic mass is 16.6. The largest absolute Gasteiger partial charge is 0.453 e. The fraction of sp³-hybridized carbons (Fsp3) is 0.300. The van der Waals surface area contributed by atoms with Crippen molar-refractivity contribution in [3.8, 4) is 0 Å². The van der Waals surface area contributed by atoms with Gasteiger partial charge in [0, 0.05) is 26.2 Å². The number of methoxy groups -OCH3 is 1. The monoisotopic (exact) mass is 239 g/mol. The van der Waals surface area contributed by atoms with Crippen LogP contribution in [0.25, 0.3) is 0 Å². The fourth-order valence-corrected chi connectivity index (χ4v) is 1.29. The number of non-ortho nitro benzene ring substituents is 1. The van der Waals surface area contributed by atoms with E-state index in [2.05, 4.69) is 10.1 Å². The van der Waals surface area contributed by atoms with Crippen LogP contribution in [0.5, 0.6) is 0 Å². The fourth-order valence-electron chi connectivity index (χ4n) is 1.29. The zero-order chi connectivity index (χ0) is 13.0. The number of rotatable bonds is 3. The van der Waals surface area contributed by atoms with Gasteiger partial charge in [-0.2, -0.15) is 0 Å². The summed E-state index contributed by atoms with van der Waals surface area (Å²) >= 11 is 0. The molecule has 0 fully saturated rings. The maximum Gasteiger partial charge on any atom is 0.411 e. The van der Waals surface area contributed by atoms with Crippen LogP contribution in [0.3, 0.4) is 0 Å². The molecule has 0 aliphatic carbocycles. The molecule has 0 radical (unpaired) electrons. The first-order valence-electron chi connectivity index (χ1n) is 4.76. The van der Waals surface area contributed by atoms with Crippen molar-refractivity contribution < 1.29 is 14.5 Å². The van der Waals surface area contributed by atoms with Crippen LogP contribution >= 0.6 is 0 Å². The summed E-state index contributed by atoms with van der Waals surface area (Å²) < 4.78 is 4.45. The van der Waals surface area contributed by atoms with E-state index in [1.165, 1.54) is 19.2 Å². The van der Waals surface area contributed by atoms with Gasteiger partial charge in [-0.05, 0) is 6.07 Å². The van der Waals surface area contributed by atoms with Gasteiger partial charge in [0.15, 0.2) is 0 Å². The van der Waals surface area contributed by atoms with Gasteiger partial charge in [0.1, 0.15) is 0 Å². The third kappa shape index (κ3) is 3.07. The molecule has 7 heteroatoms. The van der Waals surface area contributed by atoms with Gasteiger partial charge in [-0.3, -0.25) is 15.4 Å². The Morgan fingerprint density at radius 3 is 2.59 bits per heavy atom. The van der Waals surface area contributed by atoms with Crippen molar-refractivity contribution in [1.82, 2.24) is 0 Å². The van der Waals surface area contributed by atoms with E-state index in [4.69, 9.17) is 0 Å². The first kappa shape index (κ1) is 12.8. The third-order valence-electron chi connectivity index (χ3n) is 2.09. The van der Waals surface area contributed by atoms with Gasteiger partial charge in [-0.15, -0.1) is 0 Å². The second kappa shape index (κ2) is 5.15. The molecule has 1 amide bonds. The molecule has 0 atom stereocenters. The van der Waals surface area contributed by atoms with Gasteiger partial charge in [0.05, 0.1) is 23.4 Å². The molecule has 17 heavy (non-hydrogen) atoms. The lowest BCUT2D eigenvalue weighted by atomic mass is 10.2. The molecule has 0 bridgehead atoms. The van der Waals surface area contributed by atoms with Crippen molar-refractivity contribution in [2.24, 2.45) is 0 Å². The molecule has 1 aromatic rings. The Hall–Kier alpha value is -2.31. The lowest BCUT2D eigenvalue weighted by Crippen LogP contribution is -2.16. The lowest BCUT2D eigenvalue weighted by Gasteiger charge is -2.17. The number of anilines is 2. The van der Waals surface area contributed by atoms with Gasteiger partial charge in [0.2, 0.25) is 0 Å². The second-order valence-corrected chi connectivity index (χ2v) is 3.47. The molecule has 0 aliphatic rings. The number of nitro benzene ring substituents is 1. The molecule has 1 N–H and O–H groups in total. The molecule has 7 nitrogen and oxygen atoms in total. The molecule has 1 rings (SSSR count). The van der Waals surface area contributed by atoms with Crippen LogP contribution in [-0.4, -0.2) is 32.2 Å². The molecular formula is C10H13N3O4. The molecule has 0 saturated carbocycles. The first-order chi connectivity index (χ1) is 7.95. The summed E-state index contributed by atoms with van der Waals surface area (Å²) in [5.41, 5.74) is 0.888. The summed E-state index contributed by atoms with van der Waals surface area (Å²) in [6, 6.07) is 4.22. The Bertz CT molecular complexity index is 445. The van der Waals surface area contributed by atoms with E-state index in [1.54, 1.807) is 25.1 Å². The molecule has 0 heterocycles. The van der Waals surface area contributed by atoms with Crippen LogP contribution in [0.2, 0.25) is 0 Å². The maximum atomic E-state index is 11.1. The Labute approximate surface area is 98.1 Å². The molecule has 0 aromatic heterocycles. The quantitative estimate of drug-likeness (QED) is 0.642. The SMILES string of the molecule is COC(=O)Nc1cc([N+](=O)[O-])ccc1N(C)C. The van der Waals surface area contributed by atoms with Gasteiger partial charge < -0.3 is 9.64 Å². The van der Waals surface area contributed by atoms with Gasteiger partial charge in [-0.1, -0.05) is 0 Å². The summed E-state index contributed by atoms with van der Waals surface area (Å²) in [6.07, 6.45) is -0.673. The van der Waals surface area contributed by atoms with Crippen molar-refractivity contribution in [1.29, 1.82) is 0 Å². The predicted molar refractivity (Wildman–Crippen MR) is 63.5 cm³/mol. The summed E-state index contributed by atoms with van der Waals surface area (Å²) in [7, 11) is 4.76. The number of ether oxygens (including phenoxy) is 1. The zero-order valence-corrected chi connectivity index (χ0v) is 9.76. The number of benzene rings is 1. The smallest absolute Gasteiger partial charge is 0.411 e. The highest BCUT2D eigenvalue weighted by molar-refractivity contribution is 5.90. The van der Waals surface area contributed by atoms with E-state index >= 15 is 0 Å². The summed E-state index contributed by atoms with van der Waals surface area (Å²) in [6.45, 7) is 0. The third-order valence-corrected chi connectivity index (χ3v) is 2.09. The van der Waals surface area contributed by atoms with Crippen molar-refractivity contribution in [2.45, 2.75) is 0 Å². The molecule has 0 spiro atoms. The minimum Gasteiger partial charge on any atom is -0.453 e. The minimum atomic E-state index is -0.673. The average molecular weight is 239 g/mol. The molecule has 0 saturated heterocycles. The van der Waals surface area contributed by atoms with E-state index in [1.807, 2.05) is 0 Å². The molecule has 1 aromatic carbocycles. The normalized spacial score (nSPS) is 9.59. The molecule has 92 valence electrons. The number of carbonyl (C=O) groups excluding carboxylic acids is 1. The van der Waals surface area contributed by atoms with Crippen molar-refractivity contribution in [3.05, 3.63) is 28.3 Å². The zero-order valence-electron chi connectivity index (χ0n) is 9.76. The van der Waals surface area contributed by atoms with Crippen LogP contribution in [0, 0.1) is 10.1 Å². The topological polar surface area (TPSA) is 84.7 Å². The van der Waals surface area contributed by atoms with E-state index in [-0.39, 0.29) is 5.69 Å². The molecule has 0 unspecified atom stereocenters. The molecular weight excluding hydrogens is 226 g/mol.